The number of aromatic nitrogens is 5. The van der Waals surface area contributed by atoms with Crippen molar-refractivity contribution >= 4 is 11.9 Å². The molecule has 7 nitrogen and oxygen atoms in total. The molecule has 2 aromatic heterocycles. The largest absolute Gasteiger partial charge is 0.354 e. The quantitative estimate of drug-likeness (QED) is 0.846. The molecule has 2 aromatic rings. The standard InChI is InChI=1S/C12H19N7/c1-4-7-13-10-15-11(18(3)5-2)17-12(16-10)19-9-6-8-14-19/h6,8-9H,4-5,7H2,1-3H3,(H,13,15,16,17). The predicted molar refractivity (Wildman–Crippen MR) is 74.7 cm³/mol. The molecule has 0 aromatic carbocycles. The zero-order valence-electron chi connectivity index (χ0n) is 11.5. The zero-order valence-corrected chi connectivity index (χ0v) is 11.5. The number of nitrogens with one attached hydrogen (secondary N) is 1. The van der Waals surface area contributed by atoms with E-state index in [1.54, 1.807) is 10.9 Å². The Hall–Kier alpha value is -2.18. The third-order valence-corrected chi connectivity index (χ3v) is 2.67. The number of nitrogens with zero attached hydrogens (tertiary/aromatic N) is 6. The van der Waals surface area contributed by atoms with E-state index >= 15 is 0 Å². The first-order valence-electron chi connectivity index (χ1n) is 6.45. The second kappa shape index (κ2) is 6.12. The third-order valence-electron chi connectivity index (χ3n) is 2.67. The molecule has 0 radical (unpaired) electrons. The first-order chi connectivity index (χ1) is 9.24. The Labute approximate surface area is 112 Å². The lowest BCUT2D eigenvalue weighted by Gasteiger charge is -2.16. The normalized spacial score (nSPS) is 10.5. The molecule has 0 aliphatic carbocycles. The summed E-state index contributed by atoms with van der Waals surface area (Å²) in [6, 6.07) is 1.84. The van der Waals surface area contributed by atoms with E-state index in [1.165, 1.54) is 0 Å². The molecule has 1 N–H and O–H groups in total. The van der Waals surface area contributed by atoms with Crippen LogP contribution in [0.15, 0.2) is 18.5 Å². The molecule has 0 saturated heterocycles. The minimum absolute atomic E-state index is 0.522. The molecule has 0 saturated carbocycles. The van der Waals surface area contributed by atoms with Gasteiger partial charge in [0.25, 0.3) is 5.95 Å². The van der Waals surface area contributed by atoms with Gasteiger partial charge in [0.2, 0.25) is 11.9 Å². The summed E-state index contributed by atoms with van der Waals surface area (Å²) in [5.41, 5.74) is 0. The fraction of sp³-hybridized carbons (Fsp3) is 0.500. The summed E-state index contributed by atoms with van der Waals surface area (Å²) in [5.74, 6) is 1.74. The first-order valence-corrected chi connectivity index (χ1v) is 6.45. The molecule has 0 spiro atoms. The van der Waals surface area contributed by atoms with Crippen molar-refractivity contribution in [2.24, 2.45) is 0 Å². The number of hydrogen-bond donors (Lipinski definition) is 1. The van der Waals surface area contributed by atoms with Gasteiger partial charge in [-0.2, -0.15) is 20.1 Å². The lowest BCUT2D eigenvalue weighted by Crippen LogP contribution is -2.21. The van der Waals surface area contributed by atoms with Crippen LogP contribution in [0.3, 0.4) is 0 Å². The molecule has 0 aliphatic heterocycles. The van der Waals surface area contributed by atoms with E-state index in [4.69, 9.17) is 0 Å². The number of anilines is 2. The van der Waals surface area contributed by atoms with E-state index in [0.29, 0.717) is 17.8 Å². The number of rotatable bonds is 6. The summed E-state index contributed by atoms with van der Waals surface area (Å²) < 4.78 is 1.63. The van der Waals surface area contributed by atoms with E-state index in [9.17, 15) is 0 Å². The minimum atomic E-state index is 0.522. The van der Waals surface area contributed by atoms with Crippen molar-refractivity contribution in [2.75, 3.05) is 30.4 Å². The summed E-state index contributed by atoms with van der Waals surface area (Å²) in [7, 11) is 1.95. The maximum Gasteiger partial charge on any atom is 0.257 e. The summed E-state index contributed by atoms with van der Waals surface area (Å²) in [5, 5.41) is 7.34. The Morgan fingerprint density at radius 2 is 2.11 bits per heavy atom. The van der Waals surface area contributed by atoms with Crippen molar-refractivity contribution < 1.29 is 0 Å². The van der Waals surface area contributed by atoms with Gasteiger partial charge in [0.15, 0.2) is 0 Å². The van der Waals surface area contributed by atoms with E-state index in [-0.39, 0.29) is 0 Å². The Bertz CT molecular complexity index is 509. The van der Waals surface area contributed by atoms with Crippen LogP contribution in [0.4, 0.5) is 11.9 Å². The van der Waals surface area contributed by atoms with Crippen LogP contribution in [-0.4, -0.2) is 44.9 Å². The molecule has 0 atom stereocenters. The van der Waals surface area contributed by atoms with E-state index in [2.05, 4.69) is 39.2 Å². The average Bonchev–Trinajstić information content (AvgIpc) is 2.98. The fourth-order valence-electron chi connectivity index (χ4n) is 1.47. The zero-order chi connectivity index (χ0) is 13.7. The Morgan fingerprint density at radius 3 is 2.74 bits per heavy atom. The maximum absolute atomic E-state index is 4.42. The molecule has 102 valence electrons. The second-order valence-corrected chi connectivity index (χ2v) is 4.15. The molecule has 19 heavy (non-hydrogen) atoms. The summed E-state index contributed by atoms with van der Waals surface area (Å²) in [6.45, 7) is 5.81. The average molecular weight is 261 g/mol. The molecule has 2 heterocycles. The highest BCUT2D eigenvalue weighted by Crippen LogP contribution is 2.11. The van der Waals surface area contributed by atoms with Crippen molar-refractivity contribution in [3.8, 4) is 5.95 Å². The lowest BCUT2D eigenvalue weighted by atomic mass is 10.5. The van der Waals surface area contributed by atoms with Gasteiger partial charge in [-0.25, -0.2) is 4.68 Å². The van der Waals surface area contributed by atoms with Crippen LogP contribution in [0.2, 0.25) is 0 Å². The molecular weight excluding hydrogens is 242 g/mol. The molecule has 0 fully saturated rings. The molecule has 7 heteroatoms. The topological polar surface area (TPSA) is 71.8 Å². The summed E-state index contributed by atoms with van der Waals surface area (Å²) in [4.78, 5) is 15.2. The van der Waals surface area contributed by atoms with Gasteiger partial charge in [-0.05, 0) is 19.4 Å². The molecule has 0 bridgehead atoms. The van der Waals surface area contributed by atoms with Gasteiger partial charge >= 0.3 is 0 Å². The minimum Gasteiger partial charge on any atom is -0.354 e. The van der Waals surface area contributed by atoms with Gasteiger partial charge in [0.1, 0.15) is 0 Å². The predicted octanol–water partition coefficient (Wildman–Crippen LogP) is 1.34. The van der Waals surface area contributed by atoms with Crippen LogP contribution in [-0.2, 0) is 0 Å². The Kier molecular flexibility index (Phi) is 4.27. The first kappa shape index (κ1) is 13.3. The Morgan fingerprint density at radius 1 is 1.26 bits per heavy atom. The Balaban J connectivity index is 2.36. The van der Waals surface area contributed by atoms with Crippen LogP contribution in [0.1, 0.15) is 20.3 Å². The van der Waals surface area contributed by atoms with E-state index in [1.807, 2.05) is 24.2 Å². The number of hydrogen-bond acceptors (Lipinski definition) is 6. The van der Waals surface area contributed by atoms with E-state index in [0.717, 1.165) is 19.5 Å². The van der Waals surface area contributed by atoms with Gasteiger partial charge in [-0.15, -0.1) is 0 Å². The highest BCUT2D eigenvalue weighted by Gasteiger charge is 2.10. The molecular formula is C12H19N7. The lowest BCUT2D eigenvalue weighted by molar-refractivity contribution is 0.778. The second-order valence-electron chi connectivity index (χ2n) is 4.15. The van der Waals surface area contributed by atoms with Crippen molar-refractivity contribution in [3.05, 3.63) is 18.5 Å². The molecule has 0 amide bonds. The van der Waals surface area contributed by atoms with Crippen molar-refractivity contribution in [1.29, 1.82) is 0 Å². The van der Waals surface area contributed by atoms with Crippen LogP contribution in [0.25, 0.3) is 5.95 Å². The van der Waals surface area contributed by atoms with Crippen molar-refractivity contribution in [3.63, 3.8) is 0 Å². The third kappa shape index (κ3) is 3.18. The van der Waals surface area contributed by atoms with Gasteiger partial charge in [-0.1, -0.05) is 6.92 Å². The maximum atomic E-state index is 4.42. The highest BCUT2D eigenvalue weighted by atomic mass is 15.4. The SMILES string of the molecule is CCCNc1nc(N(C)CC)nc(-n2cccn2)n1. The van der Waals surface area contributed by atoms with E-state index < -0.39 is 0 Å². The van der Waals surface area contributed by atoms with Crippen LogP contribution >= 0.6 is 0 Å². The van der Waals surface area contributed by atoms with Crippen molar-refractivity contribution in [1.82, 2.24) is 24.7 Å². The molecule has 2 rings (SSSR count). The van der Waals surface area contributed by atoms with Crippen LogP contribution < -0.4 is 10.2 Å². The fourth-order valence-corrected chi connectivity index (χ4v) is 1.47. The van der Waals surface area contributed by atoms with Crippen LogP contribution in [0.5, 0.6) is 0 Å². The molecule has 0 aliphatic rings. The summed E-state index contributed by atoms with van der Waals surface area (Å²) >= 11 is 0. The van der Waals surface area contributed by atoms with Crippen molar-refractivity contribution in [2.45, 2.75) is 20.3 Å². The van der Waals surface area contributed by atoms with Gasteiger partial charge in [0.05, 0.1) is 0 Å². The monoisotopic (exact) mass is 261 g/mol. The van der Waals surface area contributed by atoms with Gasteiger partial charge < -0.3 is 10.2 Å². The van der Waals surface area contributed by atoms with Gasteiger partial charge in [0, 0.05) is 32.5 Å². The summed E-state index contributed by atoms with van der Waals surface area (Å²) in [6.07, 6.45) is 4.53. The smallest absolute Gasteiger partial charge is 0.257 e. The van der Waals surface area contributed by atoms with Crippen LogP contribution in [0, 0.1) is 0 Å². The van der Waals surface area contributed by atoms with Gasteiger partial charge in [-0.3, -0.25) is 0 Å². The highest BCUT2D eigenvalue weighted by molar-refractivity contribution is 5.39. The molecule has 0 unspecified atom stereocenters.